The Morgan fingerprint density at radius 3 is 2.23 bits per heavy atom. The highest BCUT2D eigenvalue weighted by molar-refractivity contribution is 5.84. The molecular formula is C11H18O2. The molecule has 74 valence electrons. The second-order valence-electron chi connectivity index (χ2n) is 4.49. The molecule has 2 atom stereocenters. The summed E-state index contributed by atoms with van der Waals surface area (Å²) >= 11 is 0. The zero-order valence-corrected chi connectivity index (χ0v) is 8.04. The summed E-state index contributed by atoms with van der Waals surface area (Å²) in [5.74, 6) is 0.642. The lowest BCUT2D eigenvalue weighted by Gasteiger charge is -2.17. The van der Waals surface area contributed by atoms with Crippen LogP contribution in [0.2, 0.25) is 0 Å². The number of carbonyl (C=O) groups is 1. The Bertz CT molecular complexity index is 194. The standard InChI is InChI=1S/C11H18O2/c12-10-7-3-6-9(10)11(13)8-4-1-2-5-8/h8-10,12H,1-7H2/t9-,10-/m1/s1. The van der Waals surface area contributed by atoms with E-state index >= 15 is 0 Å². The number of aliphatic hydroxyl groups excluding tert-OH is 1. The van der Waals surface area contributed by atoms with E-state index in [4.69, 9.17) is 0 Å². The van der Waals surface area contributed by atoms with E-state index in [0.29, 0.717) is 5.78 Å². The SMILES string of the molecule is O=C(C1CCCC1)[C@@H]1CCC[C@H]1O. The van der Waals surface area contributed by atoms with E-state index in [1.54, 1.807) is 0 Å². The molecule has 0 spiro atoms. The van der Waals surface area contributed by atoms with Crippen molar-refractivity contribution < 1.29 is 9.90 Å². The highest BCUT2D eigenvalue weighted by Crippen LogP contribution is 2.34. The summed E-state index contributed by atoms with van der Waals surface area (Å²) in [6, 6.07) is 0. The lowest BCUT2D eigenvalue weighted by molar-refractivity contribution is -0.129. The van der Waals surface area contributed by atoms with Gasteiger partial charge >= 0.3 is 0 Å². The molecule has 0 aromatic heterocycles. The molecule has 0 unspecified atom stereocenters. The fraction of sp³-hybridized carbons (Fsp3) is 0.909. The second-order valence-corrected chi connectivity index (χ2v) is 4.49. The van der Waals surface area contributed by atoms with Crippen molar-refractivity contribution >= 4 is 5.78 Å². The van der Waals surface area contributed by atoms with Crippen molar-refractivity contribution in [1.82, 2.24) is 0 Å². The van der Waals surface area contributed by atoms with Gasteiger partial charge in [0.05, 0.1) is 6.10 Å². The quantitative estimate of drug-likeness (QED) is 0.708. The molecule has 1 N–H and O–H groups in total. The van der Waals surface area contributed by atoms with Crippen molar-refractivity contribution in [3.63, 3.8) is 0 Å². The van der Waals surface area contributed by atoms with Gasteiger partial charge in [-0.25, -0.2) is 0 Å². The average Bonchev–Trinajstić information content (AvgIpc) is 2.72. The molecule has 0 aliphatic heterocycles. The first-order valence-electron chi connectivity index (χ1n) is 5.51. The van der Waals surface area contributed by atoms with Crippen LogP contribution in [0, 0.1) is 11.8 Å². The predicted octanol–water partition coefficient (Wildman–Crippen LogP) is 1.91. The molecule has 2 heteroatoms. The average molecular weight is 182 g/mol. The number of carbonyl (C=O) groups excluding carboxylic acids is 1. The van der Waals surface area contributed by atoms with Crippen molar-refractivity contribution in [2.75, 3.05) is 0 Å². The second kappa shape index (κ2) is 3.79. The van der Waals surface area contributed by atoms with E-state index in [9.17, 15) is 9.90 Å². The van der Waals surface area contributed by atoms with Crippen molar-refractivity contribution in [2.45, 2.75) is 51.0 Å². The number of hydrogen-bond acceptors (Lipinski definition) is 2. The van der Waals surface area contributed by atoms with Crippen LogP contribution in [0.5, 0.6) is 0 Å². The molecule has 0 aromatic carbocycles. The fourth-order valence-electron chi connectivity index (χ4n) is 2.79. The van der Waals surface area contributed by atoms with Gasteiger partial charge in [-0.1, -0.05) is 19.3 Å². The van der Waals surface area contributed by atoms with Crippen LogP contribution in [0.1, 0.15) is 44.9 Å². The van der Waals surface area contributed by atoms with Gasteiger partial charge in [0.15, 0.2) is 0 Å². The molecule has 2 aliphatic rings. The Morgan fingerprint density at radius 2 is 1.69 bits per heavy atom. The zero-order valence-electron chi connectivity index (χ0n) is 8.04. The number of ketones is 1. The Kier molecular flexibility index (Phi) is 2.68. The first kappa shape index (κ1) is 9.20. The lowest BCUT2D eigenvalue weighted by atomic mass is 9.89. The largest absolute Gasteiger partial charge is 0.392 e. The molecule has 2 saturated carbocycles. The molecule has 2 aliphatic carbocycles. The first-order valence-corrected chi connectivity index (χ1v) is 5.51. The normalized spacial score (nSPS) is 35.5. The molecule has 0 bridgehead atoms. The lowest BCUT2D eigenvalue weighted by Crippen LogP contribution is -2.27. The molecule has 0 aromatic rings. The topological polar surface area (TPSA) is 37.3 Å². The van der Waals surface area contributed by atoms with Crippen LogP contribution >= 0.6 is 0 Å². The summed E-state index contributed by atoms with van der Waals surface area (Å²) in [6.45, 7) is 0. The number of rotatable bonds is 2. The molecule has 2 nitrogen and oxygen atoms in total. The number of aliphatic hydroxyl groups is 1. The van der Waals surface area contributed by atoms with E-state index in [2.05, 4.69) is 0 Å². The summed E-state index contributed by atoms with van der Waals surface area (Å²) in [7, 11) is 0. The van der Waals surface area contributed by atoms with Crippen molar-refractivity contribution in [2.24, 2.45) is 11.8 Å². The molecular weight excluding hydrogens is 164 g/mol. The maximum atomic E-state index is 11.9. The third kappa shape index (κ3) is 1.78. The monoisotopic (exact) mass is 182 g/mol. The zero-order chi connectivity index (χ0) is 9.26. The van der Waals surface area contributed by atoms with Crippen LogP contribution < -0.4 is 0 Å². The highest BCUT2D eigenvalue weighted by Gasteiger charge is 2.36. The predicted molar refractivity (Wildman–Crippen MR) is 50.3 cm³/mol. The van der Waals surface area contributed by atoms with Gasteiger partial charge in [-0.3, -0.25) is 4.79 Å². The molecule has 13 heavy (non-hydrogen) atoms. The van der Waals surface area contributed by atoms with Gasteiger partial charge in [-0.15, -0.1) is 0 Å². The summed E-state index contributed by atoms with van der Waals surface area (Å²) in [6.07, 6.45) is 7.03. The minimum Gasteiger partial charge on any atom is -0.392 e. The maximum absolute atomic E-state index is 11.9. The smallest absolute Gasteiger partial charge is 0.141 e. The van der Waals surface area contributed by atoms with Gasteiger partial charge < -0.3 is 5.11 Å². The van der Waals surface area contributed by atoms with Crippen LogP contribution in [-0.2, 0) is 4.79 Å². The first-order chi connectivity index (χ1) is 6.29. The summed E-state index contributed by atoms with van der Waals surface area (Å²) in [5, 5.41) is 9.60. The van der Waals surface area contributed by atoms with Crippen LogP contribution in [0.3, 0.4) is 0 Å². The van der Waals surface area contributed by atoms with Gasteiger partial charge in [0.2, 0.25) is 0 Å². The van der Waals surface area contributed by atoms with E-state index in [1.807, 2.05) is 0 Å². The van der Waals surface area contributed by atoms with E-state index in [-0.39, 0.29) is 17.9 Å². The van der Waals surface area contributed by atoms with Crippen LogP contribution in [0.4, 0.5) is 0 Å². The molecule has 2 fully saturated rings. The Hall–Kier alpha value is -0.370. The Labute approximate surface area is 79.3 Å². The van der Waals surface area contributed by atoms with E-state index < -0.39 is 0 Å². The van der Waals surface area contributed by atoms with Crippen molar-refractivity contribution in [3.05, 3.63) is 0 Å². The number of hydrogen-bond donors (Lipinski definition) is 1. The van der Waals surface area contributed by atoms with E-state index in [1.165, 1.54) is 12.8 Å². The van der Waals surface area contributed by atoms with Crippen molar-refractivity contribution in [1.29, 1.82) is 0 Å². The summed E-state index contributed by atoms with van der Waals surface area (Å²) in [4.78, 5) is 11.9. The minimum absolute atomic E-state index is 0.0110. The van der Waals surface area contributed by atoms with Crippen LogP contribution in [-0.4, -0.2) is 17.0 Å². The molecule has 2 rings (SSSR count). The van der Waals surface area contributed by atoms with Gasteiger partial charge in [0.1, 0.15) is 5.78 Å². The molecule has 0 saturated heterocycles. The van der Waals surface area contributed by atoms with E-state index in [0.717, 1.165) is 32.1 Å². The third-order valence-electron chi connectivity index (χ3n) is 3.60. The molecule has 0 amide bonds. The fourth-order valence-corrected chi connectivity index (χ4v) is 2.79. The van der Waals surface area contributed by atoms with Gasteiger partial charge in [0, 0.05) is 11.8 Å². The van der Waals surface area contributed by atoms with Crippen molar-refractivity contribution in [3.8, 4) is 0 Å². The summed E-state index contributed by atoms with van der Waals surface area (Å²) < 4.78 is 0. The Morgan fingerprint density at radius 1 is 1.00 bits per heavy atom. The third-order valence-corrected chi connectivity index (χ3v) is 3.60. The van der Waals surface area contributed by atoms with Gasteiger partial charge in [0.25, 0.3) is 0 Å². The highest BCUT2D eigenvalue weighted by atomic mass is 16.3. The van der Waals surface area contributed by atoms with Crippen LogP contribution in [0.15, 0.2) is 0 Å². The van der Waals surface area contributed by atoms with Gasteiger partial charge in [-0.05, 0) is 25.7 Å². The number of Topliss-reactive ketones (excluding diaryl/α,β-unsaturated/α-hetero) is 1. The Balaban J connectivity index is 1.95. The molecule has 0 radical (unpaired) electrons. The maximum Gasteiger partial charge on any atom is 0.141 e. The minimum atomic E-state index is -0.326. The summed E-state index contributed by atoms with van der Waals surface area (Å²) in [5.41, 5.74) is 0. The molecule has 0 heterocycles. The van der Waals surface area contributed by atoms with Crippen LogP contribution in [0.25, 0.3) is 0 Å². The van der Waals surface area contributed by atoms with Gasteiger partial charge in [-0.2, -0.15) is 0 Å².